The van der Waals surface area contributed by atoms with Crippen molar-refractivity contribution in [1.82, 2.24) is 0 Å². The van der Waals surface area contributed by atoms with Gasteiger partial charge in [-0.3, -0.25) is 0 Å². The second-order valence-corrected chi connectivity index (χ2v) is 2.77. The van der Waals surface area contributed by atoms with Gasteiger partial charge in [0.15, 0.2) is 0 Å². The molecule has 0 amide bonds. The van der Waals surface area contributed by atoms with E-state index < -0.39 is 6.10 Å². The predicted octanol–water partition coefficient (Wildman–Crippen LogP) is 2.33. The number of aliphatic hydroxyl groups is 1. The van der Waals surface area contributed by atoms with Crippen LogP contribution in [0.3, 0.4) is 0 Å². The Morgan fingerprint density at radius 1 is 1.38 bits per heavy atom. The van der Waals surface area contributed by atoms with Crippen molar-refractivity contribution in [3.8, 4) is 0 Å². The summed E-state index contributed by atoms with van der Waals surface area (Å²) in [6.45, 7) is 3.55. The maximum absolute atomic E-state index is 9.32. The van der Waals surface area contributed by atoms with Gasteiger partial charge < -0.3 is 5.11 Å². The van der Waals surface area contributed by atoms with Gasteiger partial charge in [-0.15, -0.1) is 6.58 Å². The average molecular weight is 173 g/mol. The van der Waals surface area contributed by atoms with E-state index in [-0.39, 0.29) is 0 Å². The van der Waals surface area contributed by atoms with Crippen LogP contribution >= 0.6 is 0 Å². The molecule has 1 N–H and O–H groups in total. The first-order valence-electron chi connectivity index (χ1n) is 4.27. The van der Waals surface area contributed by atoms with Gasteiger partial charge in [-0.25, -0.2) is 0 Å². The summed E-state index contributed by atoms with van der Waals surface area (Å²) >= 11 is 0. The number of aliphatic hydroxyl groups excluding tert-OH is 1. The van der Waals surface area contributed by atoms with Gasteiger partial charge in [0, 0.05) is 0 Å². The van der Waals surface area contributed by atoms with Crippen molar-refractivity contribution in [2.45, 2.75) is 12.5 Å². The zero-order valence-corrected chi connectivity index (χ0v) is 7.48. The maximum atomic E-state index is 9.32. The molecule has 0 bridgehead atoms. The molecule has 1 heteroatoms. The fraction of sp³-hybridized carbons (Fsp3) is 0.167. The quantitative estimate of drug-likeness (QED) is 0.693. The van der Waals surface area contributed by atoms with Crippen LogP contribution in [0.5, 0.6) is 0 Å². The molecule has 1 unspecified atom stereocenters. The van der Waals surface area contributed by atoms with E-state index in [1.54, 1.807) is 12.2 Å². The highest BCUT2D eigenvalue weighted by atomic mass is 16.3. The van der Waals surface area contributed by atoms with Crippen LogP contribution in [-0.4, -0.2) is 11.2 Å². The lowest BCUT2D eigenvalue weighted by Gasteiger charge is -1.98. The number of benzene rings is 1. The van der Waals surface area contributed by atoms with Crippen molar-refractivity contribution in [3.63, 3.8) is 0 Å². The molecule has 1 nitrogen and oxygen atoms in total. The molecule has 1 radical (unpaired) electrons. The van der Waals surface area contributed by atoms with Crippen LogP contribution in [-0.2, 0) is 0 Å². The van der Waals surface area contributed by atoms with Crippen molar-refractivity contribution < 1.29 is 5.11 Å². The minimum absolute atomic E-state index is 0.474. The third-order valence-electron chi connectivity index (χ3n) is 1.62. The van der Waals surface area contributed by atoms with Gasteiger partial charge in [0.05, 0.1) is 6.10 Å². The van der Waals surface area contributed by atoms with Crippen LogP contribution in [0.4, 0.5) is 0 Å². The van der Waals surface area contributed by atoms with Gasteiger partial charge >= 0.3 is 0 Å². The molecule has 0 fully saturated rings. The SMILES string of the molecule is C=CCC(O)C=[C]c1ccccc1. The number of hydrogen-bond acceptors (Lipinski definition) is 1. The molecular weight excluding hydrogens is 160 g/mol. The molecule has 0 spiro atoms. The van der Waals surface area contributed by atoms with Crippen molar-refractivity contribution in [2.75, 3.05) is 0 Å². The Hall–Kier alpha value is -1.34. The second kappa shape index (κ2) is 5.33. The lowest BCUT2D eigenvalue weighted by Crippen LogP contribution is -1.98. The van der Waals surface area contributed by atoms with Crippen LogP contribution in [0.1, 0.15) is 12.0 Å². The van der Waals surface area contributed by atoms with Crippen molar-refractivity contribution >= 4 is 0 Å². The fourth-order valence-electron chi connectivity index (χ4n) is 0.966. The van der Waals surface area contributed by atoms with E-state index in [0.717, 1.165) is 5.56 Å². The Balaban J connectivity index is 2.53. The molecule has 1 aromatic rings. The Bertz CT molecular complexity index is 274. The minimum Gasteiger partial charge on any atom is -0.389 e. The molecule has 0 saturated carbocycles. The fourth-order valence-corrected chi connectivity index (χ4v) is 0.966. The molecule has 0 saturated heterocycles. The van der Waals surface area contributed by atoms with Crippen LogP contribution in [0.25, 0.3) is 0 Å². The van der Waals surface area contributed by atoms with Crippen molar-refractivity contribution in [2.24, 2.45) is 0 Å². The lowest BCUT2D eigenvalue weighted by molar-refractivity contribution is 0.226. The van der Waals surface area contributed by atoms with Gasteiger partial charge in [-0.1, -0.05) is 36.4 Å². The van der Waals surface area contributed by atoms with Gasteiger partial charge in [0.1, 0.15) is 0 Å². The monoisotopic (exact) mass is 173 g/mol. The lowest BCUT2D eigenvalue weighted by atomic mass is 10.1. The van der Waals surface area contributed by atoms with E-state index >= 15 is 0 Å². The maximum Gasteiger partial charge on any atom is 0.0764 e. The number of rotatable bonds is 4. The molecule has 0 aliphatic carbocycles. The molecule has 1 atom stereocenters. The highest BCUT2D eigenvalue weighted by Crippen LogP contribution is 2.00. The molecule has 1 aromatic carbocycles. The molecule has 0 heterocycles. The molecular formula is C12H13O. The normalized spacial score (nSPS) is 13.0. The number of hydrogen-bond donors (Lipinski definition) is 1. The topological polar surface area (TPSA) is 20.2 Å². The average Bonchev–Trinajstić information content (AvgIpc) is 2.17. The Morgan fingerprint density at radius 3 is 2.69 bits per heavy atom. The second-order valence-electron chi connectivity index (χ2n) is 2.77. The van der Waals surface area contributed by atoms with Crippen molar-refractivity contribution in [1.29, 1.82) is 0 Å². The minimum atomic E-state index is -0.474. The molecule has 0 aliphatic heterocycles. The van der Waals surface area contributed by atoms with E-state index in [1.807, 2.05) is 30.3 Å². The summed E-state index contributed by atoms with van der Waals surface area (Å²) in [6.07, 6.45) is 6.44. The molecule has 0 aromatic heterocycles. The highest BCUT2D eigenvalue weighted by molar-refractivity contribution is 5.22. The third-order valence-corrected chi connectivity index (χ3v) is 1.62. The highest BCUT2D eigenvalue weighted by Gasteiger charge is 1.93. The van der Waals surface area contributed by atoms with E-state index in [9.17, 15) is 5.11 Å². The first-order valence-corrected chi connectivity index (χ1v) is 4.27. The summed E-state index contributed by atoms with van der Waals surface area (Å²) < 4.78 is 0. The molecule has 0 aliphatic rings. The van der Waals surface area contributed by atoms with Gasteiger partial charge in [0.2, 0.25) is 0 Å². The zero-order chi connectivity index (χ0) is 9.52. The van der Waals surface area contributed by atoms with Crippen LogP contribution in [0, 0.1) is 6.08 Å². The summed E-state index contributed by atoms with van der Waals surface area (Å²) in [6, 6.07) is 9.71. The van der Waals surface area contributed by atoms with E-state index in [2.05, 4.69) is 12.7 Å². The smallest absolute Gasteiger partial charge is 0.0764 e. The van der Waals surface area contributed by atoms with E-state index in [1.165, 1.54) is 0 Å². The summed E-state index contributed by atoms with van der Waals surface area (Å²) in [5.41, 5.74) is 0.977. The summed E-state index contributed by atoms with van der Waals surface area (Å²) in [4.78, 5) is 0. The largest absolute Gasteiger partial charge is 0.389 e. The summed E-state index contributed by atoms with van der Waals surface area (Å²) in [5, 5.41) is 9.32. The van der Waals surface area contributed by atoms with E-state index in [4.69, 9.17) is 0 Å². The first-order chi connectivity index (χ1) is 6.33. The van der Waals surface area contributed by atoms with Gasteiger partial charge in [0.25, 0.3) is 0 Å². The Morgan fingerprint density at radius 2 is 2.08 bits per heavy atom. The third kappa shape index (κ3) is 3.72. The Labute approximate surface area is 79.0 Å². The Kier molecular flexibility index (Phi) is 4.00. The van der Waals surface area contributed by atoms with E-state index in [0.29, 0.717) is 6.42 Å². The van der Waals surface area contributed by atoms with Crippen LogP contribution in [0.2, 0.25) is 0 Å². The van der Waals surface area contributed by atoms with Gasteiger partial charge in [-0.2, -0.15) is 0 Å². The zero-order valence-electron chi connectivity index (χ0n) is 7.48. The standard InChI is InChI=1S/C12H13O/c1-2-6-12(13)10-9-11-7-4-3-5-8-11/h2-5,7-8,10,12-13H,1,6H2. The molecule has 13 heavy (non-hydrogen) atoms. The van der Waals surface area contributed by atoms with Gasteiger partial charge in [-0.05, 0) is 24.1 Å². The molecule has 1 rings (SSSR count). The van der Waals surface area contributed by atoms with Crippen molar-refractivity contribution in [3.05, 3.63) is 60.7 Å². The summed E-state index contributed by atoms with van der Waals surface area (Å²) in [7, 11) is 0. The molecule has 67 valence electrons. The first kappa shape index (κ1) is 9.75. The van der Waals surface area contributed by atoms with Crippen LogP contribution < -0.4 is 0 Å². The summed E-state index contributed by atoms with van der Waals surface area (Å²) in [5.74, 6) is 0. The van der Waals surface area contributed by atoms with Crippen LogP contribution in [0.15, 0.2) is 49.1 Å². The predicted molar refractivity (Wildman–Crippen MR) is 54.2 cm³/mol.